The minimum atomic E-state index is -0.153. The Kier molecular flexibility index (Phi) is 4.01. The van der Waals surface area contributed by atoms with E-state index in [0.717, 1.165) is 23.0 Å². The molecule has 96 valence electrons. The third kappa shape index (κ3) is 3.57. The molecule has 1 aromatic carbocycles. The predicted molar refractivity (Wildman–Crippen MR) is 73.2 cm³/mol. The highest BCUT2D eigenvalue weighted by molar-refractivity contribution is 9.10. The van der Waals surface area contributed by atoms with Crippen LogP contribution in [0.25, 0.3) is 0 Å². The molecule has 1 N–H and O–H groups in total. The average Bonchev–Trinajstić information content (AvgIpc) is 3.13. The normalized spacial score (nSPS) is 14.1. The first-order valence-electron chi connectivity index (χ1n) is 5.89. The number of carbonyl (C=O) groups excluding carboxylic acids is 2. The molecule has 2 rings (SSSR count). The number of hydrogen-bond donors (Lipinski definition) is 1. The number of hydrogen-bond acceptors (Lipinski definition) is 2. The fraction of sp³-hybridized carbons (Fsp3) is 0.385. The van der Waals surface area contributed by atoms with Gasteiger partial charge in [-0.15, -0.1) is 0 Å². The van der Waals surface area contributed by atoms with Crippen molar-refractivity contribution < 1.29 is 9.59 Å². The predicted octanol–water partition coefficient (Wildman–Crippen LogP) is 2.40. The fourth-order valence-electron chi connectivity index (χ4n) is 1.77. The maximum absolute atomic E-state index is 11.8. The Morgan fingerprint density at radius 3 is 2.44 bits per heavy atom. The zero-order chi connectivity index (χ0) is 13.1. The topological polar surface area (TPSA) is 49.4 Å². The molecule has 0 aliphatic heterocycles. The molecular formula is C13H15BrN2O2. The molecule has 1 fully saturated rings. The molecular weight excluding hydrogens is 296 g/mol. The molecule has 1 aromatic rings. The first kappa shape index (κ1) is 13.1. The molecule has 0 bridgehead atoms. The average molecular weight is 311 g/mol. The van der Waals surface area contributed by atoms with Gasteiger partial charge in [-0.3, -0.25) is 9.59 Å². The lowest BCUT2D eigenvalue weighted by molar-refractivity contribution is -0.133. The van der Waals surface area contributed by atoms with Gasteiger partial charge in [0.05, 0.1) is 0 Å². The molecule has 0 saturated heterocycles. The van der Waals surface area contributed by atoms with Gasteiger partial charge in [0.2, 0.25) is 11.8 Å². The van der Waals surface area contributed by atoms with Gasteiger partial charge >= 0.3 is 0 Å². The van der Waals surface area contributed by atoms with Crippen LogP contribution in [0.2, 0.25) is 0 Å². The molecule has 0 heterocycles. The summed E-state index contributed by atoms with van der Waals surface area (Å²) in [5, 5.41) is 2.78. The second-order valence-corrected chi connectivity index (χ2v) is 5.35. The van der Waals surface area contributed by atoms with Crippen molar-refractivity contribution >= 4 is 33.4 Å². The molecule has 0 spiro atoms. The lowest BCUT2D eigenvalue weighted by atomic mass is 10.3. The molecule has 2 amide bonds. The van der Waals surface area contributed by atoms with Gasteiger partial charge in [0.25, 0.3) is 0 Å². The van der Waals surface area contributed by atoms with Gasteiger partial charge in [-0.25, -0.2) is 0 Å². The lowest BCUT2D eigenvalue weighted by Crippen LogP contribution is -2.38. The van der Waals surface area contributed by atoms with Crippen LogP contribution in [0.3, 0.4) is 0 Å². The van der Waals surface area contributed by atoms with Crippen LogP contribution in [0.4, 0.5) is 5.69 Å². The highest BCUT2D eigenvalue weighted by atomic mass is 79.9. The van der Waals surface area contributed by atoms with Gasteiger partial charge in [0.1, 0.15) is 6.54 Å². The Labute approximate surface area is 114 Å². The zero-order valence-corrected chi connectivity index (χ0v) is 11.7. The lowest BCUT2D eigenvalue weighted by Gasteiger charge is -2.19. The Morgan fingerprint density at radius 2 is 1.94 bits per heavy atom. The van der Waals surface area contributed by atoms with Crippen molar-refractivity contribution in [3.8, 4) is 0 Å². The summed E-state index contributed by atoms with van der Waals surface area (Å²) in [5.74, 6) is -0.192. The molecule has 1 saturated carbocycles. The van der Waals surface area contributed by atoms with Crippen molar-refractivity contribution in [2.45, 2.75) is 25.8 Å². The number of amides is 2. The monoisotopic (exact) mass is 310 g/mol. The van der Waals surface area contributed by atoms with Crippen LogP contribution in [0, 0.1) is 0 Å². The van der Waals surface area contributed by atoms with E-state index in [2.05, 4.69) is 21.2 Å². The quantitative estimate of drug-likeness (QED) is 0.928. The first-order chi connectivity index (χ1) is 8.56. The minimum absolute atomic E-state index is 0.0385. The molecule has 0 radical (unpaired) electrons. The van der Waals surface area contributed by atoms with Crippen molar-refractivity contribution in [1.82, 2.24) is 4.90 Å². The number of carbonyl (C=O) groups is 2. The second-order valence-electron chi connectivity index (χ2n) is 4.43. The van der Waals surface area contributed by atoms with Gasteiger partial charge in [-0.2, -0.15) is 0 Å². The van der Waals surface area contributed by atoms with E-state index in [1.54, 1.807) is 4.90 Å². The summed E-state index contributed by atoms with van der Waals surface area (Å²) in [6.45, 7) is 1.64. The van der Waals surface area contributed by atoms with Gasteiger partial charge in [0.15, 0.2) is 0 Å². The molecule has 4 nitrogen and oxygen atoms in total. The van der Waals surface area contributed by atoms with Crippen LogP contribution < -0.4 is 5.32 Å². The van der Waals surface area contributed by atoms with Crippen LogP contribution in [-0.2, 0) is 9.59 Å². The Balaban J connectivity index is 1.91. The first-order valence-corrected chi connectivity index (χ1v) is 6.68. The highest BCUT2D eigenvalue weighted by Gasteiger charge is 2.31. The van der Waals surface area contributed by atoms with E-state index in [0.29, 0.717) is 0 Å². The Hall–Kier alpha value is -1.36. The maximum atomic E-state index is 11.8. The summed E-state index contributed by atoms with van der Waals surface area (Å²) in [5.41, 5.74) is 0.738. The van der Waals surface area contributed by atoms with Crippen molar-refractivity contribution in [2.75, 3.05) is 11.9 Å². The Bertz CT molecular complexity index is 455. The largest absolute Gasteiger partial charge is 0.331 e. The van der Waals surface area contributed by atoms with Crippen molar-refractivity contribution in [3.63, 3.8) is 0 Å². The van der Waals surface area contributed by atoms with E-state index < -0.39 is 0 Å². The fourth-order valence-corrected chi connectivity index (χ4v) is 2.04. The molecule has 0 aromatic heterocycles. The third-order valence-corrected chi connectivity index (χ3v) is 3.36. The van der Waals surface area contributed by atoms with Crippen LogP contribution in [0.1, 0.15) is 19.8 Å². The summed E-state index contributed by atoms with van der Waals surface area (Å²) in [6.07, 6.45) is 2.01. The van der Waals surface area contributed by atoms with E-state index in [4.69, 9.17) is 0 Å². The van der Waals surface area contributed by atoms with E-state index >= 15 is 0 Å². The summed E-state index contributed by atoms with van der Waals surface area (Å²) in [4.78, 5) is 24.9. The second kappa shape index (κ2) is 5.52. The molecule has 1 aliphatic carbocycles. The molecule has 5 heteroatoms. The molecule has 1 aliphatic rings. The summed E-state index contributed by atoms with van der Waals surface area (Å²) in [6, 6.07) is 7.62. The smallest absolute Gasteiger partial charge is 0.244 e. The number of rotatable bonds is 4. The van der Waals surface area contributed by atoms with Gasteiger partial charge in [0, 0.05) is 23.1 Å². The molecule has 0 atom stereocenters. The Morgan fingerprint density at radius 1 is 1.33 bits per heavy atom. The van der Waals surface area contributed by atoms with Crippen molar-refractivity contribution in [3.05, 3.63) is 28.7 Å². The minimum Gasteiger partial charge on any atom is -0.331 e. The maximum Gasteiger partial charge on any atom is 0.244 e. The van der Waals surface area contributed by atoms with Gasteiger partial charge in [-0.1, -0.05) is 15.9 Å². The standard InChI is InChI=1S/C13H15BrN2O2/c1-9(17)16(12-6-7-12)8-13(18)15-11-4-2-10(14)3-5-11/h2-5,12H,6-8H2,1H3,(H,15,18). The van der Waals surface area contributed by atoms with E-state index in [1.165, 1.54) is 6.92 Å². The zero-order valence-electron chi connectivity index (χ0n) is 10.1. The van der Waals surface area contributed by atoms with Crippen LogP contribution >= 0.6 is 15.9 Å². The molecule has 18 heavy (non-hydrogen) atoms. The van der Waals surface area contributed by atoms with E-state index in [1.807, 2.05) is 24.3 Å². The SMILES string of the molecule is CC(=O)N(CC(=O)Nc1ccc(Br)cc1)C1CC1. The van der Waals surface area contributed by atoms with Crippen LogP contribution in [0.15, 0.2) is 28.7 Å². The van der Waals surface area contributed by atoms with E-state index in [9.17, 15) is 9.59 Å². The number of nitrogens with zero attached hydrogens (tertiary/aromatic N) is 1. The number of halogens is 1. The summed E-state index contributed by atoms with van der Waals surface area (Å²) < 4.78 is 0.962. The highest BCUT2D eigenvalue weighted by Crippen LogP contribution is 2.26. The number of anilines is 1. The van der Waals surface area contributed by atoms with Crippen LogP contribution in [0.5, 0.6) is 0 Å². The van der Waals surface area contributed by atoms with E-state index in [-0.39, 0.29) is 24.4 Å². The van der Waals surface area contributed by atoms with Crippen molar-refractivity contribution in [1.29, 1.82) is 0 Å². The third-order valence-electron chi connectivity index (χ3n) is 2.83. The number of benzene rings is 1. The van der Waals surface area contributed by atoms with Gasteiger partial charge < -0.3 is 10.2 Å². The van der Waals surface area contributed by atoms with Crippen molar-refractivity contribution in [2.24, 2.45) is 0 Å². The number of nitrogens with one attached hydrogen (secondary N) is 1. The van der Waals surface area contributed by atoms with Crippen LogP contribution in [-0.4, -0.2) is 29.3 Å². The summed E-state index contributed by atoms with van der Waals surface area (Å²) in [7, 11) is 0. The van der Waals surface area contributed by atoms with Gasteiger partial charge in [-0.05, 0) is 37.1 Å². The molecule has 0 unspecified atom stereocenters. The summed E-state index contributed by atoms with van der Waals surface area (Å²) >= 11 is 3.33.